The van der Waals surface area contributed by atoms with Crippen LogP contribution in [0.15, 0.2) is 97.2 Å². The Labute approximate surface area is 495 Å². The molecule has 0 aliphatic carbocycles. The zero-order valence-electron chi connectivity index (χ0n) is 51.6. The number of hydrogen-bond acceptors (Lipinski definition) is 10. The summed E-state index contributed by atoms with van der Waals surface area (Å²) in [6.45, 7) is 5.66. The van der Waals surface area contributed by atoms with Crippen molar-refractivity contribution in [1.29, 1.82) is 0 Å². The Bertz CT molecular complexity index is 1690. The third-order valence-corrected chi connectivity index (χ3v) is 15.0. The summed E-state index contributed by atoms with van der Waals surface area (Å²) in [5.41, 5.74) is 0. The van der Waals surface area contributed by atoms with Gasteiger partial charge in [0.05, 0.1) is 25.4 Å². The van der Waals surface area contributed by atoms with Crippen molar-refractivity contribution in [2.75, 3.05) is 13.2 Å². The molecule has 0 aromatic heterocycles. The number of aliphatic hydroxyl groups excluding tert-OH is 5. The minimum atomic E-state index is -1.62. The Morgan fingerprint density at radius 1 is 0.494 bits per heavy atom. The van der Waals surface area contributed by atoms with Gasteiger partial charge in [0.2, 0.25) is 5.91 Å². The molecule has 0 spiro atoms. The smallest absolute Gasteiger partial charge is 0.306 e. The molecular weight excluding hydrogens is 1010 g/mol. The van der Waals surface area contributed by atoms with Crippen molar-refractivity contribution in [2.45, 2.75) is 320 Å². The summed E-state index contributed by atoms with van der Waals surface area (Å²) in [6, 6.07) is -1.04. The number of hydrogen-bond donors (Lipinski definition) is 6. The van der Waals surface area contributed by atoms with Crippen LogP contribution in [0, 0.1) is 0 Å². The van der Waals surface area contributed by atoms with Crippen molar-refractivity contribution >= 4 is 11.9 Å². The van der Waals surface area contributed by atoms with Crippen molar-refractivity contribution < 1.29 is 49.3 Å². The fraction of sp³-hybridized carbons (Fsp3) is 0.743. The van der Waals surface area contributed by atoms with E-state index in [1.54, 1.807) is 6.08 Å². The van der Waals surface area contributed by atoms with Crippen LogP contribution in [-0.2, 0) is 23.8 Å². The van der Waals surface area contributed by atoms with Gasteiger partial charge in [-0.05, 0) is 103 Å². The maximum Gasteiger partial charge on any atom is 0.306 e. The maximum absolute atomic E-state index is 13.5. The van der Waals surface area contributed by atoms with Gasteiger partial charge in [-0.15, -0.1) is 0 Å². The molecule has 1 saturated heterocycles. The van der Waals surface area contributed by atoms with Gasteiger partial charge < -0.3 is 45.1 Å². The van der Waals surface area contributed by atoms with Gasteiger partial charge in [0, 0.05) is 6.42 Å². The van der Waals surface area contributed by atoms with E-state index in [1.807, 2.05) is 6.08 Å². The molecule has 8 atom stereocenters. The lowest BCUT2D eigenvalue weighted by molar-refractivity contribution is -0.305. The van der Waals surface area contributed by atoms with Gasteiger partial charge >= 0.3 is 5.97 Å². The SMILES string of the molecule is CC/C=C\C/C=C\C/C=C\C/C=C\C/C=C\C/C=C\CCCCCC(O)C(=O)NC(COC1OC(CO)C(O)C(O)C1OC(=O)CCCCCCCCC/C=C/CCCCCCCC)C(O)/C=C/CCCCCCCCCCCCC. The van der Waals surface area contributed by atoms with Crippen LogP contribution in [0.2, 0.25) is 0 Å². The van der Waals surface area contributed by atoms with Gasteiger partial charge in [-0.1, -0.05) is 259 Å². The molecule has 1 rings (SSSR count). The Kier molecular flexibility index (Phi) is 53.2. The zero-order chi connectivity index (χ0) is 58.9. The van der Waals surface area contributed by atoms with Crippen LogP contribution in [0.5, 0.6) is 0 Å². The molecule has 1 heterocycles. The van der Waals surface area contributed by atoms with E-state index in [0.29, 0.717) is 12.8 Å². The molecule has 6 N–H and O–H groups in total. The van der Waals surface area contributed by atoms with E-state index in [-0.39, 0.29) is 19.4 Å². The molecule has 0 aromatic rings. The molecule has 8 unspecified atom stereocenters. The number of esters is 1. The lowest BCUT2D eigenvalue weighted by atomic mass is 9.99. The summed E-state index contributed by atoms with van der Waals surface area (Å²) < 4.78 is 17.6. The summed E-state index contributed by atoms with van der Waals surface area (Å²) >= 11 is 0. The van der Waals surface area contributed by atoms with E-state index in [1.165, 1.54) is 116 Å². The first kappa shape index (κ1) is 75.6. The van der Waals surface area contributed by atoms with Crippen molar-refractivity contribution in [3.05, 3.63) is 97.2 Å². The summed E-state index contributed by atoms with van der Waals surface area (Å²) in [7, 11) is 0. The molecule has 0 saturated carbocycles. The van der Waals surface area contributed by atoms with Gasteiger partial charge in [-0.3, -0.25) is 9.59 Å². The number of carbonyl (C=O) groups excluding carboxylic acids is 2. The number of aliphatic hydroxyl groups is 5. The van der Waals surface area contributed by atoms with Crippen LogP contribution in [0.3, 0.4) is 0 Å². The number of carbonyl (C=O) groups is 2. The van der Waals surface area contributed by atoms with Crippen LogP contribution in [0.25, 0.3) is 0 Å². The van der Waals surface area contributed by atoms with E-state index >= 15 is 0 Å². The predicted octanol–water partition coefficient (Wildman–Crippen LogP) is 16.3. The van der Waals surface area contributed by atoms with Crippen molar-refractivity contribution in [3.63, 3.8) is 0 Å². The first-order chi connectivity index (χ1) is 39.7. The highest BCUT2D eigenvalue weighted by Gasteiger charge is 2.47. The Balaban J connectivity index is 2.69. The number of amides is 1. The molecule has 1 aliphatic rings. The van der Waals surface area contributed by atoms with E-state index in [4.69, 9.17) is 14.2 Å². The average Bonchev–Trinajstić information content (AvgIpc) is 3.49. The van der Waals surface area contributed by atoms with Crippen LogP contribution in [0.1, 0.15) is 271 Å². The normalized spacial score (nSPS) is 19.3. The molecule has 0 radical (unpaired) electrons. The Hall–Kier alpha value is -3.42. The monoisotopic (exact) mass is 1140 g/mol. The highest BCUT2D eigenvalue weighted by atomic mass is 16.7. The van der Waals surface area contributed by atoms with E-state index < -0.39 is 67.4 Å². The first-order valence-corrected chi connectivity index (χ1v) is 33.0. The molecule has 0 bridgehead atoms. The minimum Gasteiger partial charge on any atom is -0.454 e. The topological polar surface area (TPSA) is 175 Å². The molecule has 0 aromatic carbocycles. The Morgan fingerprint density at radius 2 is 0.889 bits per heavy atom. The summed E-state index contributed by atoms with van der Waals surface area (Å²) in [5, 5.41) is 57.1. The molecule has 1 fully saturated rings. The second-order valence-electron chi connectivity index (χ2n) is 22.5. The van der Waals surface area contributed by atoms with Gasteiger partial charge in [0.25, 0.3) is 0 Å². The lowest BCUT2D eigenvalue weighted by Crippen LogP contribution is -2.61. The van der Waals surface area contributed by atoms with Gasteiger partial charge in [-0.2, -0.15) is 0 Å². The Morgan fingerprint density at radius 3 is 1.35 bits per heavy atom. The van der Waals surface area contributed by atoms with Gasteiger partial charge in [0.15, 0.2) is 12.4 Å². The molecule has 1 amide bonds. The molecule has 11 nitrogen and oxygen atoms in total. The number of nitrogens with one attached hydrogen (secondary N) is 1. The summed E-state index contributed by atoms with van der Waals surface area (Å²) in [5.74, 6) is -1.23. The van der Waals surface area contributed by atoms with Crippen LogP contribution in [-0.4, -0.2) is 99.6 Å². The molecule has 1 aliphatic heterocycles. The molecule has 81 heavy (non-hydrogen) atoms. The third kappa shape index (κ3) is 44.7. The minimum absolute atomic E-state index is 0.112. The first-order valence-electron chi connectivity index (χ1n) is 33.0. The quantitative estimate of drug-likeness (QED) is 0.0195. The van der Waals surface area contributed by atoms with Crippen LogP contribution in [0.4, 0.5) is 0 Å². The number of allylic oxidation sites excluding steroid dienone is 15. The van der Waals surface area contributed by atoms with Crippen molar-refractivity contribution in [2.24, 2.45) is 0 Å². The van der Waals surface area contributed by atoms with Crippen LogP contribution >= 0.6 is 0 Å². The molecular formula is C70H121NO10. The zero-order valence-corrected chi connectivity index (χ0v) is 51.6. The number of ether oxygens (including phenoxy) is 3. The highest BCUT2D eigenvalue weighted by molar-refractivity contribution is 5.80. The largest absolute Gasteiger partial charge is 0.454 e. The summed E-state index contributed by atoms with van der Waals surface area (Å²) in [6.07, 6.45) is 65.8. The highest BCUT2D eigenvalue weighted by Crippen LogP contribution is 2.26. The van der Waals surface area contributed by atoms with Crippen molar-refractivity contribution in [1.82, 2.24) is 5.32 Å². The van der Waals surface area contributed by atoms with E-state index in [0.717, 1.165) is 109 Å². The van der Waals surface area contributed by atoms with Gasteiger partial charge in [-0.25, -0.2) is 0 Å². The second-order valence-corrected chi connectivity index (χ2v) is 22.5. The molecule has 11 heteroatoms. The van der Waals surface area contributed by atoms with E-state index in [2.05, 4.69) is 111 Å². The average molecular weight is 1140 g/mol. The third-order valence-electron chi connectivity index (χ3n) is 15.0. The fourth-order valence-electron chi connectivity index (χ4n) is 9.77. The number of unbranched alkanes of at least 4 members (excludes halogenated alkanes) is 27. The van der Waals surface area contributed by atoms with Crippen LogP contribution < -0.4 is 5.32 Å². The maximum atomic E-state index is 13.5. The summed E-state index contributed by atoms with van der Waals surface area (Å²) in [4.78, 5) is 26.6. The predicted molar refractivity (Wildman–Crippen MR) is 338 cm³/mol. The van der Waals surface area contributed by atoms with E-state index in [9.17, 15) is 35.1 Å². The van der Waals surface area contributed by atoms with Crippen molar-refractivity contribution in [3.8, 4) is 0 Å². The standard InChI is InChI=1S/C70H121NO10/c1-4-7-10-13-16-19-22-25-27-29-30-31-32-33-35-36-39-42-45-48-51-54-57-63(74)69(78)71-61(62(73)56-53-50-47-44-41-38-24-21-18-15-12-9-6-3)60-79-70-68(67(77)66(76)64(59-72)80-70)81-65(75)58-55-52-49-46-43-40-37-34-28-26-23-20-17-14-11-8-5-2/h7,10,16,19,25-28,30-31,33,35,39,42,53,56,61-64,66-68,70,72-74,76-77H,4-6,8-9,11-15,17-18,20-24,29,32,34,36-38,40-41,43-52,54-55,57-60H2,1-3H3,(H,71,78)/b10-7-,19-16-,27-25-,28-26+,31-30-,35-33-,42-39-,56-53+. The lowest BCUT2D eigenvalue weighted by Gasteiger charge is -2.41. The second kappa shape index (κ2) is 57.0. The van der Waals surface area contributed by atoms with Gasteiger partial charge in [0.1, 0.15) is 24.4 Å². The molecule has 466 valence electrons. The fourth-order valence-corrected chi connectivity index (χ4v) is 9.77. The number of rotatable bonds is 55.